The van der Waals surface area contributed by atoms with Crippen LogP contribution in [0.3, 0.4) is 0 Å². The predicted molar refractivity (Wildman–Crippen MR) is 38.3 cm³/mol. The van der Waals surface area contributed by atoms with Gasteiger partial charge >= 0.3 is 0 Å². The molecule has 1 rings (SSSR count). The van der Waals surface area contributed by atoms with Gasteiger partial charge in [0.05, 0.1) is 0 Å². The van der Waals surface area contributed by atoms with Crippen LogP contribution in [0.2, 0.25) is 0 Å². The first-order chi connectivity index (χ1) is 4.83. The van der Waals surface area contributed by atoms with Crippen LogP contribution >= 0.6 is 0 Å². The summed E-state index contributed by atoms with van der Waals surface area (Å²) in [6.45, 7) is 0. The molecule has 0 aromatic rings. The molecule has 10 heavy (non-hydrogen) atoms. The van der Waals surface area contributed by atoms with Gasteiger partial charge in [0, 0.05) is 20.6 Å². The summed E-state index contributed by atoms with van der Waals surface area (Å²) in [5.74, 6) is -0.561. The highest BCUT2D eigenvalue weighted by molar-refractivity contribution is 5.12. The standard InChI is InChI=1S/C8H11O2/c1-9-8(10-2)6-4-3-5-7-8/h3-4,6H,7H2,1-2H3. The Morgan fingerprint density at radius 1 is 1.40 bits per heavy atom. The van der Waals surface area contributed by atoms with E-state index in [1.165, 1.54) is 0 Å². The number of hydrogen-bond donors (Lipinski definition) is 0. The first kappa shape index (κ1) is 7.51. The van der Waals surface area contributed by atoms with E-state index in [1.54, 1.807) is 14.2 Å². The predicted octanol–water partition coefficient (Wildman–Crippen LogP) is 1.29. The second kappa shape index (κ2) is 2.99. The van der Waals surface area contributed by atoms with E-state index in [4.69, 9.17) is 9.47 Å². The third kappa shape index (κ3) is 1.28. The summed E-state index contributed by atoms with van der Waals surface area (Å²) in [4.78, 5) is 0. The topological polar surface area (TPSA) is 18.5 Å². The van der Waals surface area contributed by atoms with Crippen LogP contribution < -0.4 is 0 Å². The van der Waals surface area contributed by atoms with Gasteiger partial charge in [-0.2, -0.15) is 0 Å². The van der Waals surface area contributed by atoms with Crippen LogP contribution in [0.1, 0.15) is 6.42 Å². The number of hydrogen-bond acceptors (Lipinski definition) is 2. The molecule has 1 radical (unpaired) electrons. The summed E-state index contributed by atoms with van der Waals surface area (Å²) in [5, 5.41) is 0. The highest BCUT2D eigenvalue weighted by Gasteiger charge is 2.25. The molecule has 0 unspecified atom stereocenters. The Kier molecular flexibility index (Phi) is 2.25. The van der Waals surface area contributed by atoms with Crippen molar-refractivity contribution in [2.45, 2.75) is 12.2 Å². The van der Waals surface area contributed by atoms with E-state index < -0.39 is 5.79 Å². The molecule has 0 atom stereocenters. The molecule has 0 amide bonds. The molecule has 0 fully saturated rings. The van der Waals surface area contributed by atoms with Crippen LogP contribution in [0.25, 0.3) is 0 Å². The van der Waals surface area contributed by atoms with Gasteiger partial charge in [-0.3, -0.25) is 0 Å². The Morgan fingerprint density at radius 3 is 2.40 bits per heavy atom. The number of allylic oxidation sites excluding steroid dienone is 2. The SMILES string of the molecule is COC1(OC)C=CC=[C]C1. The minimum absolute atomic E-state index is 0.561. The van der Waals surface area contributed by atoms with Crippen molar-refractivity contribution >= 4 is 0 Å². The van der Waals surface area contributed by atoms with Crippen molar-refractivity contribution in [1.82, 2.24) is 0 Å². The lowest BCUT2D eigenvalue weighted by Gasteiger charge is -2.27. The fourth-order valence-electron chi connectivity index (χ4n) is 0.887. The van der Waals surface area contributed by atoms with Crippen molar-refractivity contribution in [3.63, 3.8) is 0 Å². The molecule has 2 nitrogen and oxygen atoms in total. The Labute approximate surface area is 61.1 Å². The van der Waals surface area contributed by atoms with E-state index in [-0.39, 0.29) is 0 Å². The van der Waals surface area contributed by atoms with Gasteiger partial charge in [0.1, 0.15) is 0 Å². The van der Waals surface area contributed by atoms with Gasteiger partial charge in [-0.15, -0.1) is 0 Å². The summed E-state index contributed by atoms with van der Waals surface area (Å²) in [5.41, 5.74) is 0. The van der Waals surface area contributed by atoms with Crippen LogP contribution in [-0.2, 0) is 9.47 Å². The summed E-state index contributed by atoms with van der Waals surface area (Å²) >= 11 is 0. The van der Waals surface area contributed by atoms with Gasteiger partial charge in [0.25, 0.3) is 0 Å². The molecule has 0 saturated heterocycles. The monoisotopic (exact) mass is 139 g/mol. The van der Waals surface area contributed by atoms with E-state index >= 15 is 0 Å². The second-order valence-electron chi connectivity index (χ2n) is 2.13. The van der Waals surface area contributed by atoms with Gasteiger partial charge in [-0.25, -0.2) is 0 Å². The van der Waals surface area contributed by atoms with Crippen molar-refractivity contribution in [2.24, 2.45) is 0 Å². The summed E-state index contributed by atoms with van der Waals surface area (Å²) < 4.78 is 10.3. The van der Waals surface area contributed by atoms with Crippen LogP contribution in [0.5, 0.6) is 0 Å². The number of ether oxygens (including phenoxy) is 2. The molecule has 1 aliphatic carbocycles. The van der Waals surface area contributed by atoms with E-state index in [0.29, 0.717) is 6.42 Å². The van der Waals surface area contributed by atoms with Crippen molar-refractivity contribution in [2.75, 3.05) is 14.2 Å². The maximum Gasteiger partial charge on any atom is 0.191 e. The van der Waals surface area contributed by atoms with Crippen molar-refractivity contribution < 1.29 is 9.47 Å². The van der Waals surface area contributed by atoms with Gasteiger partial charge in [0.15, 0.2) is 5.79 Å². The van der Waals surface area contributed by atoms with Crippen molar-refractivity contribution in [1.29, 1.82) is 0 Å². The largest absolute Gasteiger partial charge is 0.349 e. The summed E-state index contributed by atoms with van der Waals surface area (Å²) in [7, 11) is 3.25. The van der Waals surface area contributed by atoms with Crippen LogP contribution in [-0.4, -0.2) is 20.0 Å². The molecule has 0 aromatic heterocycles. The minimum Gasteiger partial charge on any atom is -0.349 e. The van der Waals surface area contributed by atoms with Crippen LogP contribution in [0.4, 0.5) is 0 Å². The fourth-order valence-corrected chi connectivity index (χ4v) is 0.887. The lowest BCUT2D eigenvalue weighted by molar-refractivity contribution is -0.168. The summed E-state index contributed by atoms with van der Waals surface area (Å²) in [6, 6.07) is 0. The van der Waals surface area contributed by atoms with Gasteiger partial charge in [0.2, 0.25) is 0 Å². The Hall–Kier alpha value is -0.600. The zero-order valence-corrected chi connectivity index (χ0v) is 6.26. The maximum atomic E-state index is 5.14. The number of methoxy groups -OCH3 is 2. The molecular weight excluding hydrogens is 128 g/mol. The first-order valence-corrected chi connectivity index (χ1v) is 3.18. The Balaban J connectivity index is 2.66. The van der Waals surface area contributed by atoms with Crippen LogP contribution in [0.15, 0.2) is 18.2 Å². The quantitative estimate of drug-likeness (QED) is 0.537. The molecule has 0 aliphatic heterocycles. The molecule has 2 heteroatoms. The molecule has 0 N–H and O–H groups in total. The Bertz CT molecular complexity index is 155. The summed E-state index contributed by atoms with van der Waals surface area (Å²) in [6.07, 6.45) is 9.29. The molecule has 0 aromatic carbocycles. The average Bonchev–Trinajstić information content (AvgIpc) is 2.06. The third-order valence-corrected chi connectivity index (χ3v) is 1.60. The average molecular weight is 139 g/mol. The van der Waals surface area contributed by atoms with E-state index in [0.717, 1.165) is 0 Å². The van der Waals surface area contributed by atoms with E-state index in [1.807, 2.05) is 18.2 Å². The fraction of sp³-hybridized carbons (Fsp3) is 0.500. The maximum absolute atomic E-state index is 5.14. The molecular formula is C8H11O2. The molecule has 1 aliphatic rings. The molecule has 0 bridgehead atoms. The highest BCUT2D eigenvalue weighted by Crippen LogP contribution is 2.20. The number of rotatable bonds is 2. The normalized spacial score (nSPS) is 21.4. The highest BCUT2D eigenvalue weighted by atomic mass is 16.7. The second-order valence-corrected chi connectivity index (χ2v) is 2.13. The molecule has 55 valence electrons. The molecule has 0 heterocycles. The van der Waals surface area contributed by atoms with Crippen LogP contribution in [0, 0.1) is 6.08 Å². The van der Waals surface area contributed by atoms with E-state index in [9.17, 15) is 0 Å². The van der Waals surface area contributed by atoms with Gasteiger partial charge < -0.3 is 9.47 Å². The zero-order valence-electron chi connectivity index (χ0n) is 6.26. The first-order valence-electron chi connectivity index (χ1n) is 3.18. The smallest absolute Gasteiger partial charge is 0.191 e. The van der Waals surface area contributed by atoms with E-state index in [2.05, 4.69) is 6.08 Å². The lowest BCUT2D eigenvalue weighted by Crippen LogP contribution is -2.31. The van der Waals surface area contributed by atoms with Crippen molar-refractivity contribution in [3.05, 3.63) is 24.3 Å². The zero-order chi connectivity index (χ0) is 7.45. The van der Waals surface area contributed by atoms with Crippen molar-refractivity contribution in [3.8, 4) is 0 Å². The molecule has 0 spiro atoms. The Morgan fingerprint density at radius 2 is 2.10 bits per heavy atom. The lowest BCUT2D eigenvalue weighted by atomic mass is 10.1. The third-order valence-electron chi connectivity index (χ3n) is 1.60. The van der Waals surface area contributed by atoms with Gasteiger partial charge in [-0.05, 0) is 12.2 Å². The van der Waals surface area contributed by atoms with Gasteiger partial charge in [-0.1, -0.05) is 12.2 Å². The molecule has 0 saturated carbocycles. The minimum atomic E-state index is -0.561.